The van der Waals surface area contributed by atoms with Gasteiger partial charge in [-0.2, -0.15) is 0 Å². The molecule has 1 heterocycles. The minimum atomic E-state index is -3.75. The Hall–Kier alpha value is -1.47. The van der Waals surface area contributed by atoms with Gasteiger partial charge in [-0.15, -0.1) is 0 Å². The van der Waals surface area contributed by atoms with Gasteiger partial charge in [0.25, 0.3) is 0 Å². The molecule has 0 radical (unpaired) electrons. The monoisotopic (exact) mass is 387 g/mol. The molecule has 0 saturated carbocycles. The van der Waals surface area contributed by atoms with Gasteiger partial charge in [0, 0.05) is 22.2 Å². The van der Waals surface area contributed by atoms with E-state index in [0.29, 0.717) is 40.3 Å². The van der Waals surface area contributed by atoms with Crippen molar-refractivity contribution >= 4 is 33.2 Å². The highest BCUT2D eigenvalue weighted by atomic mass is 35.5. The van der Waals surface area contributed by atoms with Crippen LogP contribution in [0.5, 0.6) is 11.5 Å². The molecule has 1 N–H and O–H groups in total. The highest BCUT2D eigenvalue weighted by molar-refractivity contribution is 7.89. The number of ether oxygens (including phenoxy) is 2. The quantitative estimate of drug-likeness (QED) is 0.865. The molecule has 0 unspecified atom stereocenters. The average molecular weight is 388 g/mol. The first kappa shape index (κ1) is 17.4. The van der Waals surface area contributed by atoms with E-state index in [9.17, 15) is 8.42 Å². The second-order valence-corrected chi connectivity index (χ2v) is 7.87. The van der Waals surface area contributed by atoms with Crippen LogP contribution in [0.4, 0.5) is 0 Å². The lowest BCUT2D eigenvalue weighted by Gasteiger charge is -2.20. The molecule has 8 heteroatoms. The molecule has 5 nitrogen and oxygen atoms in total. The Morgan fingerprint density at radius 2 is 1.75 bits per heavy atom. The Morgan fingerprint density at radius 3 is 2.46 bits per heavy atom. The molecule has 0 spiro atoms. The zero-order chi connectivity index (χ0) is 17.3. The molecule has 1 aliphatic heterocycles. The van der Waals surface area contributed by atoms with Crippen molar-refractivity contribution in [2.45, 2.75) is 17.9 Å². The maximum absolute atomic E-state index is 12.6. The topological polar surface area (TPSA) is 64.6 Å². The number of benzene rings is 2. The number of hydrogen-bond acceptors (Lipinski definition) is 4. The molecule has 2 aromatic carbocycles. The van der Waals surface area contributed by atoms with Crippen LogP contribution >= 0.6 is 23.2 Å². The zero-order valence-corrected chi connectivity index (χ0v) is 15.1. The van der Waals surface area contributed by atoms with Gasteiger partial charge in [-0.05, 0) is 36.8 Å². The van der Waals surface area contributed by atoms with E-state index >= 15 is 0 Å². The Balaban J connectivity index is 1.85. The predicted octanol–water partition coefficient (Wildman–Crippen LogP) is 3.80. The minimum absolute atomic E-state index is 0.101. The van der Waals surface area contributed by atoms with Crippen molar-refractivity contribution in [2.75, 3.05) is 13.2 Å². The standard InChI is InChI=1S/C16H15Cl2NO4S/c1-10(13-4-2-11(17)8-14(13)18)19-24(20,21)12-3-5-15-16(9-12)23-7-6-22-15/h2-5,8-10,19H,6-7H2,1H3/t10-/m0/s1. The average Bonchev–Trinajstić information content (AvgIpc) is 2.53. The van der Waals surface area contributed by atoms with Crippen molar-refractivity contribution < 1.29 is 17.9 Å². The van der Waals surface area contributed by atoms with E-state index in [1.807, 2.05) is 0 Å². The van der Waals surface area contributed by atoms with Crippen molar-refractivity contribution in [3.8, 4) is 11.5 Å². The van der Waals surface area contributed by atoms with Gasteiger partial charge in [-0.25, -0.2) is 13.1 Å². The summed E-state index contributed by atoms with van der Waals surface area (Å²) in [6.45, 7) is 2.55. The van der Waals surface area contributed by atoms with Crippen LogP contribution in [0, 0.1) is 0 Å². The van der Waals surface area contributed by atoms with Crippen LogP contribution in [-0.4, -0.2) is 21.6 Å². The molecule has 0 bridgehead atoms. The van der Waals surface area contributed by atoms with Crippen molar-refractivity contribution in [3.63, 3.8) is 0 Å². The third-order valence-corrected chi connectivity index (χ3v) is 5.69. The Morgan fingerprint density at radius 1 is 1.04 bits per heavy atom. The Bertz CT molecular complexity index is 870. The van der Waals surface area contributed by atoms with E-state index in [1.54, 1.807) is 31.2 Å². The minimum Gasteiger partial charge on any atom is -0.486 e. The van der Waals surface area contributed by atoms with Gasteiger partial charge < -0.3 is 9.47 Å². The van der Waals surface area contributed by atoms with Gasteiger partial charge >= 0.3 is 0 Å². The van der Waals surface area contributed by atoms with Crippen molar-refractivity contribution in [3.05, 3.63) is 52.0 Å². The fourth-order valence-corrected chi connectivity index (χ4v) is 4.22. The molecule has 0 fully saturated rings. The summed E-state index contributed by atoms with van der Waals surface area (Å²) in [6, 6.07) is 8.93. The lowest BCUT2D eigenvalue weighted by Crippen LogP contribution is -2.27. The third kappa shape index (κ3) is 3.62. The van der Waals surface area contributed by atoms with Crippen LogP contribution in [0.2, 0.25) is 10.0 Å². The van der Waals surface area contributed by atoms with E-state index in [2.05, 4.69) is 4.72 Å². The van der Waals surface area contributed by atoms with Gasteiger partial charge in [0.05, 0.1) is 4.90 Å². The molecule has 24 heavy (non-hydrogen) atoms. The first-order valence-electron chi connectivity index (χ1n) is 7.24. The first-order valence-corrected chi connectivity index (χ1v) is 9.48. The number of fused-ring (bicyclic) bond motifs is 1. The smallest absolute Gasteiger partial charge is 0.241 e. The summed E-state index contributed by atoms with van der Waals surface area (Å²) in [4.78, 5) is 0.101. The molecule has 1 aliphatic rings. The van der Waals surface area contributed by atoms with Crippen molar-refractivity contribution in [1.82, 2.24) is 4.72 Å². The molecule has 2 aromatic rings. The van der Waals surface area contributed by atoms with Crippen molar-refractivity contribution in [1.29, 1.82) is 0 Å². The summed E-state index contributed by atoms with van der Waals surface area (Å²) in [7, 11) is -3.75. The Kier molecular flexibility index (Phi) is 4.92. The van der Waals surface area contributed by atoms with Gasteiger partial charge in [0.15, 0.2) is 11.5 Å². The molecule has 1 atom stereocenters. The van der Waals surface area contributed by atoms with Gasteiger partial charge in [-0.1, -0.05) is 29.3 Å². The van der Waals surface area contributed by atoms with Gasteiger partial charge in [-0.3, -0.25) is 0 Å². The summed E-state index contributed by atoms with van der Waals surface area (Å²) in [6.07, 6.45) is 0. The fraction of sp³-hybridized carbons (Fsp3) is 0.250. The molecule has 128 valence electrons. The fourth-order valence-electron chi connectivity index (χ4n) is 2.41. The van der Waals surface area contributed by atoms with Crippen LogP contribution < -0.4 is 14.2 Å². The van der Waals surface area contributed by atoms with E-state index in [4.69, 9.17) is 32.7 Å². The number of nitrogens with one attached hydrogen (secondary N) is 1. The molecule has 0 aliphatic carbocycles. The largest absolute Gasteiger partial charge is 0.486 e. The summed E-state index contributed by atoms with van der Waals surface area (Å²) in [5, 5.41) is 0.894. The van der Waals surface area contributed by atoms with Crippen LogP contribution in [0.1, 0.15) is 18.5 Å². The lowest BCUT2D eigenvalue weighted by molar-refractivity contribution is 0.171. The van der Waals surface area contributed by atoms with Crippen LogP contribution in [0.3, 0.4) is 0 Å². The second-order valence-electron chi connectivity index (χ2n) is 5.31. The summed E-state index contributed by atoms with van der Waals surface area (Å²) in [5.41, 5.74) is 0.641. The molecule has 0 aromatic heterocycles. The number of sulfonamides is 1. The number of halogens is 2. The van der Waals surface area contributed by atoms with Gasteiger partial charge in [0.2, 0.25) is 10.0 Å². The summed E-state index contributed by atoms with van der Waals surface area (Å²) >= 11 is 12.0. The zero-order valence-electron chi connectivity index (χ0n) is 12.8. The number of hydrogen-bond donors (Lipinski definition) is 1. The molecule has 0 amide bonds. The van der Waals surface area contributed by atoms with Crippen LogP contribution in [0.25, 0.3) is 0 Å². The highest BCUT2D eigenvalue weighted by Gasteiger charge is 2.22. The molecule has 0 saturated heterocycles. The first-order chi connectivity index (χ1) is 11.4. The predicted molar refractivity (Wildman–Crippen MR) is 92.6 cm³/mol. The maximum Gasteiger partial charge on any atom is 0.241 e. The van der Waals surface area contributed by atoms with Crippen molar-refractivity contribution in [2.24, 2.45) is 0 Å². The van der Waals surface area contributed by atoms with E-state index in [-0.39, 0.29) is 4.90 Å². The Labute approximate surface area is 150 Å². The van der Waals surface area contributed by atoms with E-state index in [0.717, 1.165) is 0 Å². The SMILES string of the molecule is C[C@H](NS(=O)(=O)c1ccc2c(c1)OCCO2)c1ccc(Cl)cc1Cl. The second kappa shape index (κ2) is 6.80. The molecular formula is C16H15Cl2NO4S. The van der Waals surface area contributed by atoms with Crippen LogP contribution in [-0.2, 0) is 10.0 Å². The lowest BCUT2D eigenvalue weighted by atomic mass is 10.1. The molecular weight excluding hydrogens is 373 g/mol. The highest BCUT2D eigenvalue weighted by Crippen LogP contribution is 2.33. The molecule has 3 rings (SSSR count). The summed E-state index contributed by atoms with van der Waals surface area (Å²) in [5.74, 6) is 0.954. The number of rotatable bonds is 4. The van der Waals surface area contributed by atoms with Gasteiger partial charge in [0.1, 0.15) is 13.2 Å². The third-order valence-electron chi connectivity index (χ3n) is 3.58. The normalized spacial score (nSPS) is 15.1. The van der Waals surface area contributed by atoms with Crippen LogP contribution in [0.15, 0.2) is 41.3 Å². The maximum atomic E-state index is 12.6. The van der Waals surface area contributed by atoms with E-state index < -0.39 is 16.1 Å². The van der Waals surface area contributed by atoms with E-state index in [1.165, 1.54) is 12.1 Å². The summed E-state index contributed by atoms with van der Waals surface area (Å²) < 4.78 is 38.6.